The fraction of sp³-hybridized carbons (Fsp3) is 0.238. The topological polar surface area (TPSA) is 43.6 Å². The summed E-state index contributed by atoms with van der Waals surface area (Å²) in [5, 5.41) is 3.71. The van der Waals surface area contributed by atoms with Crippen LogP contribution in [0.4, 0.5) is 4.39 Å². The van der Waals surface area contributed by atoms with Crippen molar-refractivity contribution >= 4 is 24.0 Å². The summed E-state index contributed by atoms with van der Waals surface area (Å²) >= 11 is 6.41. The van der Waals surface area contributed by atoms with E-state index in [1.165, 1.54) is 6.07 Å². The summed E-state index contributed by atoms with van der Waals surface area (Å²) < 4.78 is 30.6. The summed E-state index contributed by atoms with van der Waals surface area (Å²) in [7, 11) is 0. The van der Waals surface area contributed by atoms with Gasteiger partial charge in [0.05, 0.1) is 24.4 Å². The van der Waals surface area contributed by atoms with Crippen LogP contribution in [-0.2, 0) is 19.7 Å². The molecule has 0 fully saturated rings. The Kier molecular flexibility index (Phi) is 8.64. The zero-order valence-electron chi connectivity index (χ0n) is 15.4. The second-order valence-electron chi connectivity index (χ2n) is 5.90. The van der Waals surface area contributed by atoms with Crippen molar-refractivity contribution < 1.29 is 18.3 Å². The lowest BCUT2D eigenvalue weighted by Crippen LogP contribution is -2.12. The Labute approximate surface area is 175 Å². The van der Waals surface area contributed by atoms with Gasteiger partial charge in [0.15, 0.2) is 11.5 Å². The average Bonchev–Trinajstić information content (AvgIpc) is 3.16. The number of ether oxygens (including phenoxy) is 2. The van der Waals surface area contributed by atoms with E-state index in [0.717, 1.165) is 11.3 Å². The van der Waals surface area contributed by atoms with Gasteiger partial charge in [-0.15, -0.1) is 12.4 Å². The summed E-state index contributed by atoms with van der Waals surface area (Å²) in [6.45, 7) is 3.63. The van der Waals surface area contributed by atoms with Gasteiger partial charge in [0.2, 0.25) is 0 Å². The quantitative estimate of drug-likeness (QED) is 0.473. The van der Waals surface area contributed by atoms with E-state index in [4.69, 9.17) is 25.5 Å². The van der Waals surface area contributed by atoms with Crippen LogP contribution in [0, 0.1) is 5.82 Å². The van der Waals surface area contributed by atoms with Crippen molar-refractivity contribution in [3.8, 4) is 11.5 Å². The van der Waals surface area contributed by atoms with Gasteiger partial charge in [-0.1, -0.05) is 29.8 Å². The van der Waals surface area contributed by atoms with Crippen molar-refractivity contribution in [1.82, 2.24) is 5.32 Å². The van der Waals surface area contributed by atoms with Crippen LogP contribution in [0.5, 0.6) is 11.5 Å². The molecular formula is C21H22Cl2FNO3. The lowest BCUT2D eigenvalue weighted by atomic mass is 10.2. The zero-order chi connectivity index (χ0) is 19.1. The Morgan fingerprint density at radius 2 is 1.89 bits per heavy atom. The van der Waals surface area contributed by atoms with Gasteiger partial charge in [-0.2, -0.15) is 0 Å². The fourth-order valence-corrected chi connectivity index (χ4v) is 2.92. The summed E-state index contributed by atoms with van der Waals surface area (Å²) in [5.74, 6) is 1.49. The second kappa shape index (κ2) is 11.0. The third-order valence-corrected chi connectivity index (χ3v) is 4.19. The van der Waals surface area contributed by atoms with Crippen LogP contribution >= 0.6 is 24.0 Å². The summed E-state index contributed by atoms with van der Waals surface area (Å²) in [4.78, 5) is 0. The molecular weight excluding hydrogens is 404 g/mol. The molecule has 0 radical (unpaired) electrons. The van der Waals surface area contributed by atoms with Gasteiger partial charge in [-0.3, -0.25) is 0 Å². The van der Waals surface area contributed by atoms with Gasteiger partial charge in [0.1, 0.15) is 18.2 Å². The smallest absolute Gasteiger partial charge is 0.180 e. The molecule has 3 rings (SSSR count). The van der Waals surface area contributed by atoms with Gasteiger partial charge in [0.25, 0.3) is 0 Å². The Morgan fingerprint density at radius 3 is 2.61 bits per heavy atom. The second-order valence-corrected chi connectivity index (χ2v) is 6.31. The Morgan fingerprint density at radius 1 is 1.07 bits per heavy atom. The Bertz CT molecular complexity index is 872. The first-order chi connectivity index (χ1) is 13.2. The zero-order valence-corrected chi connectivity index (χ0v) is 17.0. The third-order valence-electron chi connectivity index (χ3n) is 3.91. The molecule has 4 nitrogen and oxygen atoms in total. The maximum Gasteiger partial charge on any atom is 0.180 e. The highest BCUT2D eigenvalue weighted by molar-refractivity contribution is 6.32. The van der Waals surface area contributed by atoms with Gasteiger partial charge in [0, 0.05) is 12.1 Å². The molecule has 0 unspecified atom stereocenters. The fourth-order valence-electron chi connectivity index (χ4n) is 2.64. The minimum Gasteiger partial charge on any atom is -0.490 e. The molecule has 0 aliphatic heterocycles. The molecule has 1 aromatic heterocycles. The van der Waals surface area contributed by atoms with Gasteiger partial charge < -0.3 is 19.2 Å². The number of hydrogen-bond donors (Lipinski definition) is 1. The van der Waals surface area contributed by atoms with Crippen LogP contribution in [0.1, 0.15) is 23.8 Å². The number of benzene rings is 2. The molecule has 0 aliphatic carbocycles. The minimum absolute atomic E-state index is 0. The molecule has 150 valence electrons. The number of nitrogens with one attached hydrogen (secondary N) is 1. The van der Waals surface area contributed by atoms with Crippen molar-refractivity contribution in [3.05, 3.63) is 82.5 Å². The Balaban J connectivity index is 0.00000280. The van der Waals surface area contributed by atoms with Crippen molar-refractivity contribution in [1.29, 1.82) is 0 Å². The number of furan rings is 1. The van der Waals surface area contributed by atoms with Crippen LogP contribution < -0.4 is 14.8 Å². The van der Waals surface area contributed by atoms with Crippen LogP contribution in [0.15, 0.2) is 59.2 Å². The molecule has 0 bridgehead atoms. The summed E-state index contributed by atoms with van der Waals surface area (Å²) in [6.07, 6.45) is 1.64. The highest BCUT2D eigenvalue weighted by Crippen LogP contribution is 2.37. The molecule has 28 heavy (non-hydrogen) atoms. The molecule has 0 saturated heterocycles. The molecule has 0 saturated carbocycles. The Hall–Kier alpha value is -2.21. The first-order valence-corrected chi connectivity index (χ1v) is 9.09. The largest absolute Gasteiger partial charge is 0.490 e. The van der Waals surface area contributed by atoms with Crippen LogP contribution in [0.25, 0.3) is 0 Å². The number of hydrogen-bond acceptors (Lipinski definition) is 4. The number of halogens is 3. The van der Waals surface area contributed by atoms with Crippen molar-refractivity contribution in [2.75, 3.05) is 6.61 Å². The van der Waals surface area contributed by atoms with E-state index in [2.05, 4.69) is 5.32 Å². The molecule has 3 aromatic rings. The van der Waals surface area contributed by atoms with E-state index in [1.807, 2.05) is 31.2 Å². The maximum atomic E-state index is 13.8. The lowest BCUT2D eigenvalue weighted by Gasteiger charge is -2.16. The lowest BCUT2D eigenvalue weighted by molar-refractivity contribution is 0.265. The van der Waals surface area contributed by atoms with E-state index in [-0.39, 0.29) is 24.8 Å². The normalized spacial score (nSPS) is 10.4. The first-order valence-electron chi connectivity index (χ1n) is 8.72. The number of rotatable bonds is 9. The van der Waals surface area contributed by atoms with Crippen molar-refractivity contribution in [2.45, 2.75) is 26.6 Å². The summed E-state index contributed by atoms with van der Waals surface area (Å²) in [6, 6.07) is 13.9. The molecule has 0 amide bonds. The van der Waals surface area contributed by atoms with E-state index in [1.54, 1.807) is 24.5 Å². The van der Waals surface area contributed by atoms with E-state index in [9.17, 15) is 4.39 Å². The van der Waals surface area contributed by atoms with Gasteiger partial charge >= 0.3 is 0 Å². The van der Waals surface area contributed by atoms with Crippen LogP contribution in [0.3, 0.4) is 0 Å². The van der Waals surface area contributed by atoms with E-state index < -0.39 is 0 Å². The van der Waals surface area contributed by atoms with E-state index in [0.29, 0.717) is 41.8 Å². The standard InChI is InChI=1S/C21H21ClFNO3.ClH/c1-2-25-20-11-15(12-24-13-17-7-5-9-26-17)10-18(22)21(20)27-14-16-6-3-4-8-19(16)23;/h3-11,24H,2,12-14H2,1H3;1H. The highest BCUT2D eigenvalue weighted by atomic mass is 35.5. The highest BCUT2D eigenvalue weighted by Gasteiger charge is 2.14. The molecule has 2 aromatic carbocycles. The first kappa shape index (κ1) is 22.1. The predicted molar refractivity (Wildman–Crippen MR) is 110 cm³/mol. The van der Waals surface area contributed by atoms with Gasteiger partial charge in [-0.25, -0.2) is 4.39 Å². The summed E-state index contributed by atoms with van der Waals surface area (Å²) in [5.41, 5.74) is 1.41. The monoisotopic (exact) mass is 425 g/mol. The molecule has 0 atom stereocenters. The molecule has 0 aliphatic rings. The van der Waals surface area contributed by atoms with Crippen molar-refractivity contribution in [2.24, 2.45) is 0 Å². The maximum absolute atomic E-state index is 13.8. The molecule has 0 spiro atoms. The van der Waals surface area contributed by atoms with E-state index >= 15 is 0 Å². The van der Waals surface area contributed by atoms with Gasteiger partial charge in [-0.05, 0) is 42.8 Å². The van der Waals surface area contributed by atoms with Crippen molar-refractivity contribution in [3.63, 3.8) is 0 Å². The molecule has 1 N–H and O–H groups in total. The third kappa shape index (κ3) is 5.89. The average molecular weight is 426 g/mol. The SMILES string of the molecule is CCOc1cc(CNCc2ccco2)cc(Cl)c1OCc1ccccc1F.Cl. The molecule has 1 heterocycles. The predicted octanol–water partition coefficient (Wildman–Crippen LogP) is 5.76. The van der Waals surface area contributed by atoms with Crippen LogP contribution in [0.2, 0.25) is 5.02 Å². The minimum atomic E-state index is -0.315. The molecule has 7 heteroatoms. The van der Waals surface area contributed by atoms with Crippen LogP contribution in [-0.4, -0.2) is 6.61 Å².